The van der Waals surface area contributed by atoms with Crippen molar-refractivity contribution >= 4 is 5.91 Å². The van der Waals surface area contributed by atoms with E-state index in [0.29, 0.717) is 25.7 Å². The monoisotopic (exact) mass is 215 g/mol. The molecule has 0 saturated heterocycles. The molecule has 0 unspecified atom stereocenters. The molecule has 0 rings (SSSR count). The van der Waals surface area contributed by atoms with Crippen LogP contribution in [0.5, 0.6) is 0 Å². The van der Waals surface area contributed by atoms with E-state index >= 15 is 0 Å². The minimum absolute atomic E-state index is 0.0952. The first-order chi connectivity index (χ1) is 7.19. The van der Waals surface area contributed by atoms with Crippen LogP contribution in [0.1, 0.15) is 33.6 Å². The van der Waals surface area contributed by atoms with Crippen molar-refractivity contribution in [2.24, 2.45) is 5.73 Å². The van der Waals surface area contributed by atoms with E-state index in [1.54, 1.807) is 0 Å². The highest BCUT2D eigenvalue weighted by Crippen LogP contribution is 2.07. The van der Waals surface area contributed by atoms with E-state index in [0.717, 1.165) is 19.4 Å². The van der Waals surface area contributed by atoms with Gasteiger partial charge in [-0.05, 0) is 19.8 Å². The molecule has 0 heterocycles. The molecule has 4 heteroatoms. The summed E-state index contributed by atoms with van der Waals surface area (Å²) in [5.41, 5.74) is 5.55. The SMILES string of the molecule is CCNC(=O)CN(CCN)C(CC)CC. The van der Waals surface area contributed by atoms with Crippen LogP contribution >= 0.6 is 0 Å². The van der Waals surface area contributed by atoms with Gasteiger partial charge in [-0.25, -0.2) is 0 Å². The van der Waals surface area contributed by atoms with Crippen LogP contribution in [-0.2, 0) is 4.79 Å². The van der Waals surface area contributed by atoms with Gasteiger partial charge in [-0.15, -0.1) is 0 Å². The van der Waals surface area contributed by atoms with Gasteiger partial charge in [-0.3, -0.25) is 9.69 Å². The van der Waals surface area contributed by atoms with E-state index in [-0.39, 0.29) is 5.91 Å². The number of nitrogens with zero attached hydrogens (tertiary/aromatic N) is 1. The molecule has 0 radical (unpaired) electrons. The zero-order valence-electron chi connectivity index (χ0n) is 10.3. The highest BCUT2D eigenvalue weighted by atomic mass is 16.2. The molecule has 15 heavy (non-hydrogen) atoms. The molecular weight excluding hydrogens is 190 g/mol. The lowest BCUT2D eigenvalue weighted by Gasteiger charge is -2.29. The number of hydrogen-bond donors (Lipinski definition) is 2. The van der Waals surface area contributed by atoms with E-state index in [4.69, 9.17) is 5.73 Å². The number of carbonyl (C=O) groups is 1. The standard InChI is InChI=1S/C11H25N3O/c1-4-10(5-2)14(8-7-12)9-11(15)13-6-3/h10H,4-9,12H2,1-3H3,(H,13,15). The predicted octanol–water partition coefficient (Wildman–Crippen LogP) is 0.572. The first kappa shape index (κ1) is 14.4. The van der Waals surface area contributed by atoms with Gasteiger partial charge in [0.15, 0.2) is 0 Å². The summed E-state index contributed by atoms with van der Waals surface area (Å²) in [6.45, 7) is 8.79. The summed E-state index contributed by atoms with van der Waals surface area (Å²) >= 11 is 0. The molecule has 0 spiro atoms. The molecule has 0 aliphatic rings. The van der Waals surface area contributed by atoms with Crippen molar-refractivity contribution in [2.45, 2.75) is 39.7 Å². The Labute approximate surface area is 93.2 Å². The molecule has 0 saturated carbocycles. The van der Waals surface area contributed by atoms with Gasteiger partial charge >= 0.3 is 0 Å². The third kappa shape index (κ3) is 5.74. The van der Waals surface area contributed by atoms with Crippen LogP contribution in [0.25, 0.3) is 0 Å². The molecule has 0 bridgehead atoms. The molecule has 0 aromatic rings. The van der Waals surface area contributed by atoms with Crippen molar-refractivity contribution in [1.29, 1.82) is 0 Å². The van der Waals surface area contributed by atoms with E-state index in [1.165, 1.54) is 0 Å². The average Bonchev–Trinajstić information content (AvgIpc) is 2.20. The summed E-state index contributed by atoms with van der Waals surface area (Å²) < 4.78 is 0. The lowest BCUT2D eigenvalue weighted by Crippen LogP contribution is -2.44. The highest BCUT2D eigenvalue weighted by Gasteiger charge is 2.16. The number of nitrogens with two attached hydrogens (primary N) is 1. The fourth-order valence-corrected chi connectivity index (χ4v) is 1.80. The van der Waals surface area contributed by atoms with Gasteiger partial charge in [-0.2, -0.15) is 0 Å². The van der Waals surface area contributed by atoms with Crippen LogP contribution in [0.4, 0.5) is 0 Å². The second kappa shape index (κ2) is 8.68. The van der Waals surface area contributed by atoms with Crippen molar-refractivity contribution in [3.05, 3.63) is 0 Å². The van der Waals surface area contributed by atoms with Crippen LogP contribution in [0.3, 0.4) is 0 Å². The van der Waals surface area contributed by atoms with Gasteiger partial charge in [0.1, 0.15) is 0 Å². The maximum atomic E-state index is 11.5. The van der Waals surface area contributed by atoms with Crippen LogP contribution in [0, 0.1) is 0 Å². The Bertz CT molecular complexity index is 169. The van der Waals surface area contributed by atoms with Gasteiger partial charge < -0.3 is 11.1 Å². The molecule has 0 aliphatic heterocycles. The number of nitrogens with one attached hydrogen (secondary N) is 1. The number of amides is 1. The second-order valence-corrected chi connectivity index (χ2v) is 3.68. The zero-order valence-corrected chi connectivity index (χ0v) is 10.3. The minimum Gasteiger partial charge on any atom is -0.355 e. The topological polar surface area (TPSA) is 58.4 Å². The van der Waals surface area contributed by atoms with Gasteiger partial charge in [-0.1, -0.05) is 13.8 Å². The molecule has 1 amide bonds. The highest BCUT2D eigenvalue weighted by molar-refractivity contribution is 5.77. The minimum atomic E-state index is 0.0952. The van der Waals surface area contributed by atoms with E-state index in [9.17, 15) is 4.79 Å². The Morgan fingerprint density at radius 1 is 1.33 bits per heavy atom. The summed E-state index contributed by atoms with van der Waals surface area (Å²) in [5.74, 6) is 0.0952. The molecule has 0 atom stereocenters. The van der Waals surface area contributed by atoms with E-state index < -0.39 is 0 Å². The van der Waals surface area contributed by atoms with Crippen molar-refractivity contribution in [3.63, 3.8) is 0 Å². The molecule has 3 N–H and O–H groups in total. The predicted molar refractivity (Wildman–Crippen MR) is 63.7 cm³/mol. The Hall–Kier alpha value is -0.610. The van der Waals surface area contributed by atoms with Crippen LogP contribution < -0.4 is 11.1 Å². The number of rotatable bonds is 8. The van der Waals surface area contributed by atoms with Crippen LogP contribution in [0.2, 0.25) is 0 Å². The van der Waals surface area contributed by atoms with Crippen molar-refractivity contribution < 1.29 is 4.79 Å². The van der Waals surface area contributed by atoms with Gasteiger partial charge in [0.2, 0.25) is 5.91 Å². The molecule has 0 fully saturated rings. The zero-order chi connectivity index (χ0) is 11.7. The number of hydrogen-bond acceptors (Lipinski definition) is 3. The van der Waals surface area contributed by atoms with Gasteiger partial charge in [0.25, 0.3) is 0 Å². The second-order valence-electron chi connectivity index (χ2n) is 3.68. The smallest absolute Gasteiger partial charge is 0.234 e. The lowest BCUT2D eigenvalue weighted by molar-refractivity contribution is -0.122. The molecule has 4 nitrogen and oxygen atoms in total. The third-order valence-corrected chi connectivity index (χ3v) is 2.60. The fraction of sp³-hybridized carbons (Fsp3) is 0.909. The van der Waals surface area contributed by atoms with E-state index in [1.807, 2.05) is 6.92 Å². The summed E-state index contributed by atoms with van der Waals surface area (Å²) in [5, 5.41) is 2.82. The van der Waals surface area contributed by atoms with Crippen molar-refractivity contribution in [3.8, 4) is 0 Å². The Balaban J connectivity index is 4.18. The summed E-state index contributed by atoms with van der Waals surface area (Å²) in [6, 6.07) is 0.469. The first-order valence-corrected chi connectivity index (χ1v) is 5.90. The fourth-order valence-electron chi connectivity index (χ4n) is 1.80. The molecule has 90 valence electrons. The summed E-state index contributed by atoms with van der Waals surface area (Å²) in [6.07, 6.45) is 2.13. The Morgan fingerprint density at radius 3 is 2.33 bits per heavy atom. The largest absolute Gasteiger partial charge is 0.355 e. The third-order valence-electron chi connectivity index (χ3n) is 2.60. The van der Waals surface area contributed by atoms with Crippen LogP contribution in [-0.4, -0.2) is 43.0 Å². The van der Waals surface area contributed by atoms with Crippen LogP contribution in [0.15, 0.2) is 0 Å². The Kier molecular flexibility index (Phi) is 8.33. The molecular formula is C11H25N3O. The average molecular weight is 215 g/mol. The van der Waals surface area contributed by atoms with Crippen molar-refractivity contribution in [1.82, 2.24) is 10.2 Å². The maximum Gasteiger partial charge on any atom is 0.234 e. The molecule has 0 aromatic carbocycles. The van der Waals surface area contributed by atoms with Crippen molar-refractivity contribution in [2.75, 3.05) is 26.2 Å². The van der Waals surface area contributed by atoms with Gasteiger partial charge in [0.05, 0.1) is 6.54 Å². The Morgan fingerprint density at radius 2 is 1.93 bits per heavy atom. The quantitative estimate of drug-likeness (QED) is 0.622. The first-order valence-electron chi connectivity index (χ1n) is 5.90. The maximum absolute atomic E-state index is 11.5. The van der Waals surface area contributed by atoms with E-state index in [2.05, 4.69) is 24.1 Å². The lowest BCUT2D eigenvalue weighted by atomic mass is 10.1. The number of likely N-dealkylation sites (N-methyl/N-ethyl adjacent to an activating group) is 1. The molecule has 0 aromatic heterocycles. The normalized spacial score (nSPS) is 11.1. The summed E-state index contributed by atoms with van der Waals surface area (Å²) in [4.78, 5) is 13.6. The number of carbonyl (C=O) groups excluding carboxylic acids is 1. The van der Waals surface area contributed by atoms with Gasteiger partial charge in [0, 0.05) is 25.7 Å². The molecule has 0 aliphatic carbocycles. The summed E-state index contributed by atoms with van der Waals surface area (Å²) in [7, 11) is 0.